The van der Waals surface area contributed by atoms with Crippen LogP contribution in [0.25, 0.3) is 0 Å². The summed E-state index contributed by atoms with van der Waals surface area (Å²) < 4.78 is 9.19. The number of benzene rings is 2. The Morgan fingerprint density at radius 2 is 1.69 bits per heavy atom. The number of carbonyl (C=O) groups excluding carboxylic acids is 3. The molecule has 0 fully saturated rings. The zero-order chi connectivity index (χ0) is 25.9. The number of aromatic nitrogens is 1. The summed E-state index contributed by atoms with van der Waals surface area (Å²) in [6.07, 6.45) is 0. The molecule has 3 aromatic rings. The van der Waals surface area contributed by atoms with E-state index in [0.717, 1.165) is 11.5 Å². The Balaban J connectivity index is 2.22. The van der Waals surface area contributed by atoms with Crippen LogP contribution in [0.15, 0.2) is 48.5 Å². The highest BCUT2D eigenvalue weighted by Gasteiger charge is 2.37. The summed E-state index contributed by atoms with van der Waals surface area (Å²) in [6, 6.07) is 12.1. The Labute approximate surface area is 212 Å². The van der Waals surface area contributed by atoms with Gasteiger partial charge in [0.25, 0.3) is 11.8 Å². The molecule has 0 saturated carbocycles. The number of halogens is 1. The van der Waals surface area contributed by atoms with Crippen LogP contribution in [0, 0.1) is 0 Å². The molecule has 1 heterocycles. The lowest BCUT2D eigenvalue weighted by atomic mass is 10.00. The summed E-state index contributed by atoms with van der Waals surface area (Å²) >= 11 is 6.82. The van der Waals surface area contributed by atoms with Crippen LogP contribution in [-0.4, -0.2) is 34.7 Å². The van der Waals surface area contributed by atoms with Crippen molar-refractivity contribution in [3.05, 3.63) is 69.7 Å². The maximum absolute atomic E-state index is 13.9. The molecule has 5 N–H and O–H groups in total. The van der Waals surface area contributed by atoms with Gasteiger partial charge in [0, 0.05) is 16.2 Å². The average Bonchev–Trinajstić information content (AvgIpc) is 3.18. The average molecular weight is 516 g/mol. The van der Waals surface area contributed by atoms with E-state index in [-0.39, 0.29) is 16.3 Å². The summed E-state index contributed by atoms with van der Waals surface area (Å²) in [5.74, 6) is -1.32. The minimum absolute atomic E-state index is 0.0178. The first-order valence-electron chi connectivity index (χ1n) is 10.5. The Morgan fingerprint density at radius 3 is 2.17 bits per heavy atom. The van der Waals surface area contributed by atoms with Gasteiger partial charge in [0.1, 0.15) is 16.7 Å². The van der Waals surface area contributed by atoms with Gasteiger partial charge in [0.15, 0.2) is 5.69 Å². The second-order valence-corrected chi connectivity index (χ2v) is 9.91. The van der Waals surface area contributed by atoms with E-state index in [0.29, 0.717) is 22.0 Å². The molecule has 0 radical (unpaired) electrons. The standard InChI is InChI=1S/C24H26ClN5O4S/c1-24(2,3)28-22(32)19(13-5-11-16(34-4)12-6-13)30(15-9-7-14(25)8-10-15)23(33)20-17(26)18(21(27)31)29-35-20/h5-12,19H,26H2,1-4H3,(H2,27,31)(H,28,32)/t19-/m0/s1. The van der Waals surface area contributed by atoms with E-state index in [4.69, 9.17) is 27.8 Å². The van der Waals surface area contributed by atoms with Gasteiger partial charge < -0.3 is 21.5 Å². The lowest BCUT2D eigenvalue weighted by Gasteiger charge is -2.33. The smallest absolute Gasteiger partial charge is 0.273 e. The third kappa shape index (κ3) is 5.90. The number of nitrogens with zero attached hydrogens (tertiary/aromatic N) is 2. The van der Waals surface area contributed by atoms with Gasteiger partial charge >= 0.3 is 0 Å². The van der Waals surface area contributed by atoms with Crippen molar-refractivity contribution in [1.29, 1.82) is 0 Å². The summed E-state index contributed by atoms with van der Waals surface area (Å²) in [4.78, 5) is 40.5. The highest BCUT2D eigenvalue weighted by atomic mass is 35.5. The molecule has 9 nitrogen and oxygen atoms in total. The van der Waals surface area contributed by atoms with E-state index in [1.165, 1.54) is 12.0 Å². The van der Waals surface area contributed by atoms with E-state index in [9.17, 15) is 14.4 Å². The monoisotopic (exact) mass is 515 g/mol. The van der Waals surface area contributed by atoms with E-state index < -0.39 is 29.3 Å². The molecule has 1 aromatic heterocycles. The topological polar surface area (TPSA) is 141 Å². The molecule has 0 bridgehead atoms. The maximum atomic E-state index is 13.9. The number of carbonyl (C=O) groups is 3. The largest absolute Gasteiger partial charge is 0.497 e. The predicted octanol–water partition coefficient (Wildman–Crippen LogP) is 3.79. The zero-order valence-electron chi connectivity index (χ0n) is 19.7. The van der Waals surface area contributed by atoms with E-state index in [2.05, 4.69) is 9.69 Å². The van der Waals surface area contributed by atoms with E-state index >= 15 is 0 Å². The lowest BCUT2D eigenvalue weighted by Crippen LogP contribution is -2.49. The van der Waals surface area contributed by atoms with Crippen molar-refractivity contribution in [2.45, 2.75) is 32.4 Å². The Morgan fingerprint density at radius 1 is 1.09 bits per heavy atom. The van der Waals surface area contributed by atoms with Crippen LogP contribution in [-0.2, 0) is 4.79 Å². The number of nitrogens with two attached hydrogens (primary N) is 2. The van der Waals surface area contributed by atoms with Gasteiger partial charge in [-0.1, -0.05) is 23.7 Å². The van der Waals surface area contributed by atoms with Crippen molar-refractivity contribution in [2.75, 3.05) is 17.7 Å². The van der Waals surface area contributed by atoms with E-state index in [1.54, 1.807) is 48.5 Å². The van der Waals surface area contributed by atoms with Crippen molar-refractivity contribution >= 4 is 52.2 Å². The molecule has 0 spiro atoms. The minimum atomic E-state index is -1.10. The summed E-state index contributed by atoms with van der Waals surface area (Å²) in [5, 5.41) is 3.40. The first kappa shape index (κ1) is 26.0. The van der Waals surface area contributed by atoms with Gasteiger partial charge in [0.2, 0.25) is 5.91 Å². The summed E-state index contributed by atoms with van der Waals surface area (Å²) in [6.45, 7) is 5.51. The zero-order valence-corrected chi connectivity index (χ0v) is 21.2. The van der Waals surface area contributed by atoms with Crippen LogP contribution in [0.3, 0.4) is 0 Å². The molecular formula is C24H26ClN5O4S. The van der Waals surface area contributed by atoms with Crippen LogP contribution in [0.1, 0.15) is 52.5 Å². The van der Waals surface area contributed by atoms with Crippen molar-refractivity contribution in [3.8, 4) is 5.75 Å². The normalized spacial score (nSPS) is 12.0. The Bertz CT molecular complexity index is 1240. The fraction of sp³-hybridized carbons (Fsp3) is 0.250. The molecule has 0 unspecified atom stereocenters. The van der Waals surface area contributed by atoms with Crippen molar-refractivity contribution < 1.29 is 19.1 Å². The molecule has 11 heteroatoms. The van der Waals surface area contributed by atoms with Crippen LogP contribution < -0.4 is 26.4 Å². The number of nitrogen functional groups attached to an aromatic ring is 1. The van der Waals surface area contributed by atoms with Gasteiger partial charge in [-0.25, -0.2) is 0 Å². The molecular weight excluding hydrogens is 490 g/mol. The molecule has 35 heavy (non-hydrogen) atoms. The first-order valence-corrected chi connectivity index (χ1v) is 11.7. The predicted molar refractivity (Wildman–Crippen MR) is 137 cm³/mol. The summed E-state index contributed by atoms with van der Waals surface area (Å²) in [5.41, 5.74) is 11.4. The highest BCUT2D eigenvalue weighted by Crippen LogP contribution is 2.34. The Kier molecular flexibility index (Phi) is 7.67. The molecule has 0 aliphatic heterocycles. The second-order valence-electron chi connectivity index (χ2n) is 8.70. The number of hydrogen-bond acceptors (Lipinski definition) is 7. The molecule has 184 valence electrons. The molecule has 0 saturated heterocycles. The quantitative estimate of drug-likeness (QED) is 0.437. The van der Waals surface area contributed by atoms with Crippen LogP contribution in [0.5, 0.6) is 5.75 Å². The molecule has 3 amide bonds. The number of methoxy groups -OCH3 is 1. The molecule has 1 atom stereocenters. The van der Waals surface area contributed by atoms with Gasteiger partial charge in [-0.3, -0.25) is 19.3 Å². The molecule has 2 aromatic carbocycles. The molecule has 0 aliphatic carbocycles. The molecule has 0 aliphatic rings. The summed E-state index contributed by atoms with van der Waals surface area (Å²) in [7, 11) is 1.53. The SMILES string of the molecule is COc1ccc([C@@H](C(=O)NC(C)(C)C)N(C(=O)c2snc(C(N)=O)c2N)c2ccc(Cl)cc2)cc1. The number of primary amides is 1. The van der Waals surface area contributed by atoms with Gasteiger partial charge in [-0.05, 0) is 74.3 Å². The number of nitrogens with one attached hydrogen (secondary N) is 1. The third-order valence-electron chi connectivity index (χ3n) is 4.92. The maximum Gasteiger partial charge on any atom is 0.273 e. The van der Waals surface area contributed by atoms with Crippen LogP contribution in [0.2, 0.25) is 5.02 Å². The number of hydrogen-bond donors (Lipinski definition) is 3. The number of amides is 3. The van der Waals surface area contributed by atoms with Crippen LogP contribution in [0.4, 0.5) is 11.4 Å². The fourth-order valence-corrected chi connectivity index (χ4v) is 4.23. The highest BCUT2D eigenvalue weighted by molar-refractivity contribution is 7.09. The number of anilines is 2. The Hall–Kier alpha value is -3.63. The molecule has 3 rings (SSSR count). The van der Waals surface area contributed by atoms with Gasteiger partial charge in [-0.15, -0.1) is 0 Å². The lowest BCUT2D eigenvalue weighted by molar-refractivity contribution is -0.123. The minimum Gasteiger partial charge on any atom is -0.497 e. The number of ether oxygens (including phenoxy) is 1. The second kappa shape index (κ2) is 10.3. The van der Waals surface area contributed by atoms with E-state index in [1.807, 2.05) is 20.8 Å². The van der Waals surface area contributed by atoms with Gasteiger partial charge in [0.05, 0.1) is 12.8 Å². The van der Waals surface area contributed by atoms with Crippen molar-refractivity contribution in [1.82, 2.24) is 9.69 Å². The first-order chi connectivity index (χ1) is 16.4. The van der Waals surface area contributed by atoms with Gasteiger partial charge in [-0.2, -0.15) is 4.37 Å². The third-order valence-corrected chi connectivity index (χ3v) is 6.02. The van der Waals surface area contributed by atoms with Crippen molar-refractivity contribution in [2.24, 2.45) is 5.73 Å². The number of rotatable bonds is 7. The van der Waals surface area contributed by atoms with Crippen molar-refractivity contribution in [3.63, 3.8) is 0 Å². The van der Waals surface area contributed by atoms with Crippen LogP contribution >= 0.6 is 23.1 Å². The fourth-order valence-electron chi connectivity index (χ4n) is 3.37.